The third kappa shape index (κ3) is 11.5. The molecule has 0 radical (unpaired) electrons. The number of nitrogens with one attached hydrogen (secondary N) is 2. The number of nitrogens with zero attached hydrogens (tertiary/aromatic N) is 4. The number of piperazine rings is 1. The zero-order valence-electron chi connectivity index (χ0n) is 20.1. The van der Waals surface area contributed by atoms with Gasteiger partial charge in [-0.15, -0.1) is 24.0 Å². The monoisotopic (exact) mass is 544 g/mol. The van der Waals surface area contributed by atoms with Gasteiger partial charge in [-0.1, -0.05) is 44.2 Å². The quantitative estimate of drug-likeness (QED) is 0.241. The summed E-state index contributed by atoms with van der Waals surface area (Å²) >= 11 is 0. The van der Waals surface area contributed by atoms with E-state index in [1.54, 1.807) is 0 Å². The van der Waals surface area contributed by atoms with Crippen molar-refractivity contribution in [1.29, 1.82) is 0 Å². The zero-order chi connectivity index (χ0) is 21.6. The van der Waals surface area contributed by atoms with E-state index in [4.69, 9.17) is 0 Å². The first-order chi connectivity index (χ1) is 14.6. The number of aliphatic imine (C=N–C) groups is 1. The van der Waals surface area contributed by atoms with Gasteiger partial charge in [0.15, 0.2) is 5.96 Å². The van der Waals surface area contributed by atoms with Gasteiger partial charge >= 0.3 is 0 Å². The highest BCUT2D eigenvalue weighted by atomic mass is 127. The third-order valence-electron chi connectivity index (χ3n) is 6.05. The van der Waals surface area contributed by atoms with Crippen molar-refractivity contribution in [1.82, 2.24) is 25.3 Å². The molecule has 0 amide bonds. The van der Waals surface area contributed by atoms with Crippen LogP contribution in [0.5, 0.6) is 0 Å². The Labute approximate surface area is 207 Å². The van der Waals surface area contributed by atoms with Crippen LogP contribution < -0.4 is 10.6 Å². The van der Waals surface area contributed by atoms with E-state index in [0.29, 0.717) is 6.04 Å². The van der Waals surface area contributed by atoms with Crippen LogP contribution in [0.3, 0.4) is 0 Å². The fourth-order valence-corrected chi connectivity index (χ4v) is 4.01. The van der Waals surface area contributed by atoms with E-state index in [2.05, 4.69) is 81.4 Å². The lowest BCUT2D eigenvalue weighted by Gasteiger charge is -2.34. The lowest BCUT2D eigenvalue weighted by molar-refractivity contribution is 0.129. The molecule has 0 aromatic heterocycles. The van der Waals surface area contributed by atoms with E-state index in [1.807, 2.05) is 7.05 Å². The summed E-state index contributed by atoms with van der Waals surface area (Å²) in [5.41, 5.74) is 1.41. The van der Waals surface area contributed by atoms with Gasteiger partial charge < -0.3 is 15.5 Å². The summed E-state index contributed by atoms with van der Waals surface area (Å²) in [5, 5.41) is 7.04. The summed E-state index contributed by atoms with van der Waals surface area (Å²) in [6.45, 7) is 17.8. The maximum absolute atomic E-state index is 4.40. The Morgan fingerprint density at radius 2 is 1.71 bits per heavy atom. The van der Waals surface area contributed by atoms with Crippen LogP contribution in [0.25, 0.3) is 0 Å². The molecule has 1 aliphatic rings. The molecule has 1 aliphatic heterocycles. The molecule has 1 atom stereocenters. The van der Waals surface area contributed by atoms with Crippen molar-refractivity contribution in [3.63, 3.8) is 0 Å². The van der Waals surface area contributed by atoms with Crippen molar-refractivity contribution in [3.8, 4) is 0 Å². The molecule has 0 aliphatic carbocycles. The number of halogens is 1. The van der Waals surface area contributed by atoms with E-state index in [9.17, 15) is 0 Å². The SMILES string of the molecule is CCN(CC)CCCC(C)NC(=NC)NCCN1CCN(Cc2ccccc2)CC1.I. The second kappa shape index (κ2) is 16.7. The highest BCUT2D eigenvalue weighted by Gasteiger charge is 2.16. The Kier molecular flexibility index (Phi) is 15.2. The van der Waals surface area contributed by atoms with Crippen molar-refractivity contribution in [3.05, 3.63) is 35.9 Å². The molecule has 1 aromatic rings. The van der Waals surface area contributed by atoms with Gasteiger partial charge in [0.2, 0.25) is 0 Å². The molecule has 1 unspecified atom stereocenters. The Morgan fingerprint density at radius 3 is 2.32 bits per heavy atom. The number of hydrogen-bond acceptors (Lipinski definition) is 4. The first kappa shape index (κ1) is 28.1. The van der Waals surface area contributed by atoms with Crippen LogP contribution in [-0.4, -0.2) is 92.7 Å². The normalized spacial score (nSPS) is 16.7. The number of benzene rings is 1. The molecule has 1 fully saturated rings. The maximum Gasteiger partial charge on any atom is 0.191 e. The molecule has 1 saturated heterocycles. The summed E-state index contributed by atoms with van der Waals surface area (Å²) in [4.78, 5) is 12.0. The predicted molar refractivity (Wildman–Crippen MR) is 145 cm³/mol. The average molecular weight is 545 g/mol. The molecule has 7 heteroatoms. The van der Waals surface area contributed by atoms with Gasteiger partial charge in [-0.2, -0.15) is 0 Å². The van der Waals surface area contributed by atoms with E-state index < -0.39 is 0 Å². The zero-order valence-corrected chi connectivity index (χ0v) is 22.5. The smallest absolute Gasteiger partial charge is 0.191 e. The molecule has 31 heavy (non-hydrogen) atoms. The number of guanidine groups is 1. The minimum absolute atomic E-state index is 0. The summed E-state index contributed by atoms with van der Waals surface area (Å²) < 4.78 is 0. The van der Waals surface area contributed by atoms with Crippen LogP contribution in [-0.2, 0) is 6.54 Å². The van der Waals surface area contributed by atoms with Gasteiger partial charge in [-0.25, -0.2) is 0 Å². The largest absolute Gasteiger partial charge is 0.355 e. The molecular formula is C24H45IN6. The molecule has 1 heterocycles. The van der Waals surface area contributed by atoms with E-state index in [0.717, 1.165) is 64.9 Å². The predicted octanol–water partition coefficient (Wildman–Crippen LogP) is 3.10. The van der Waals surface area contributed by atoms with Gasteiger partial charge in [0.1, 0.15) is 0 Å². The Morgan fingerprint density at radius 1 is 1.06 bits per heavy atom. The van der Waals surface area contributed by atoms with E-state index in [1.165, 1.54) is 24.9 Å². The van der Waals surface area contributed by atoms with Crippen molar-refractivity contribution in [2.24, 2.45) is 4.99 Å². The Bertz CT molecular complexity index is 585. The average Bonchev–Trinajstić information content (AvgIpc) is 2.78. The van der Waals surface area contributed by atoms with Crippen molar-refractivity contribution < 1.29 is 0 Å². The molecular weight excluding hydrogens is 499 g/mol. The van der Waals surface area contributed by atoms with Crippen molar-refractivity contribution in [2.75, 3.05) is 66.0 Å². The number of hydrogen-bond donors (Lipinski definition) is 2. The highest BCUT2D eigenvalue weighted by molar-refractivity contribution is 14.0. The van der Waals surface area contributed by atoms with Crippen LogP contribution in [0.2, 0.25) is 0 Å². The summed E-state index contributed by atoms with van der Waals surface area (Å²) in [5.74, 6) is 0.924. The van der Waals surface area contributed by atoms with Gasteiger partial charge in [0.25, 0.3) is 0 Å². The maximum atomic E-state index is 4.40. The summed E-state index contributed by atoms with van der Waals surface area (Å²) in [7, 11) is 1.86. The van der Waals surface area contributed by atoms with Crippen LogP contribution in [0, 0.1) is 0 Å². The molecule has 2 N–H and O–H groups in total. The van der Waals surface area contributed by atoms with Gasteiger partial charge in [-0.3, -0.25) is 14.8 Å². The van der Waals surface area contributed by atoms with E-state index in [-0.39, 0.29) is 24.0 Å². The van der Waals surface area contributed by atoms with Gasteiger partial charge in [-0.05, 0) is 45.0 Å². The van der Waals surface area contributed by atoms with Crippen molar-refractivity contribution >= 4 is 29.9 Å². The van der Waals surface area contributed by atoms with Gasteiger partial charge in [0, 0.05) is 58.9 Å². The summed E-state index contributed by atoms with van der Waals surface area (Å²) in [6, 6.07) is 11.2. The van der Waals surface area contributed by atoms with Crippen LogP contribution in [0.4, 0.5) is 0 Å². The Hall–Kier alpha value is -0.900. The van der Waals surface area contributed by atoms with Crippen molar-refractivity contribution in [2.45, 2.75) is 46.2 Å². The molecule has 178 valence electrons. The molecule has 1 aromatic carbocycles. The molecule has 6 nitrogen and oxygen atoms in total. The molecule has 0 bridgehead atoms. The molecule has 0 saturated carbocycles. The first-order valence-electron chi connectivity index (χ1n) is 11.8. The second-order valence-corrected chi connectivity index (χ2v) is 8.32. The topological polar surface area (TPSA) is 46.1 Å². The summed E-state index contributed by atoms with van der Waals surface area (Å²) in [6.07, 6.45) is 2.39. The standard InChI is InChI=1S/C24H44N6.HI/c1-5-28(6-2)15-10-11-22(3)27-24(25-4)26-14-16-29-17-19-30(20-18-29)21-23-12-8-7-9-13-23;/h7-9,12-13,22H,5-6,10-11,14-21H2,1-4H3,(H2,25,26,27);1H. The Balaban J connectivity index is 0.00000480. The fourth-order valence-electron chi connectivity index (χ4n) is 4.01. The third-order valence-corrected chi connectivity index (χ3v) is 6.05. The number of rotatable bonds is 12. The minimum Gasteiger partial charge on any atom is -0.355 e. The second-order valence-electron chi connectivity index (χ2n) is 8.32. The van der Waals surface area contributed by atoms with E-state index >= 15 is 0 Å². The fraction of sp³-hybridized carbons (Fsp3) is 0.708. The van der Waals surface area contributed by atoms with Gasteiger partial charge in [0.05, 0.1) is 0 Å². The van der Waals surface area contributed by atoms with Crippen LogP contribution >= 0.6 is 24.0 Å². The first-order valence-corrected chi connectivity index (χ1v) is 11.8. The molecule has 2 rings (SSSR count). The van der Waals surface area contributed by atoms with Crippen LogP contribution in [0.15, 0.2) is 35.3 Å². The lowest BCUT2D eigenvalue weighted by atomic mass is 10.2. The highest BCUT2D eigenvalue weighted by Crippen LogP contribution is 2.08. The minimum atomic E-state index is 0. The molecule has 0 spiro atoms. The lowest BCUT2D eigenvalue weighted by Crippen LogP contribution is -2.49. The van der Waals surface area contributed by atoms with Crippen LogP contribution in [0.1, 0.15) is 39.2 Å².